The van der Waals surface area contributed by atoms with E-state index < -0.39 is 0 Å². The van der Waals surface area contributed by atoms with Gasteiger partial charge < -0.3 is 16.0 Å². The van der Waals surface area contributed by atoms with Gasteiger partial charge in [-0.15, -0.1) is 0 Å². The molecule has 3 N–H and O–H groups in total. The van der Waals surface area contributed by atoms with E-state index in [2.05, 4.69) is 5.32 Å². The Morgan fingerprint density at radius 1 is 1.17 bits per heavy atom. The fraction of sp³-hybridized carbons (Fsp3) is 0.278. The summed E-state index contributed by atoms with van der Waals surface area (Å²) in [4.78, 5) is 14.5. The van der Waals surface area contributed by atoms with Gasteiger partial charge in [-0.25, -0.2) is 0 Å². The fourth-order valence-corrected chi connectivity index (χ4v) is 2.54. The van der Waals surface area contributed by atoms with Crippen molar-refractivity contribution >= 4 is 28.9 Å². The predicted molar refractivity (Wildman–Crippen MR) is 96.9 cm³/mol. The summed E-state index contributed by atoms with van der Waals surface area (Å²) in [5, 5.41) is 3.51. The zero-order chi connectivity index (χ0) is 17.0. The lowest BCUT2D eigenvalue weighted by Crippen LogP contribution is -2.31. The van der Waals surface area contributed by atoms with Gasteiger partial charge in [-0.05, 0) is 23.8 Å². The Kier molecular flexibility index (Phi) is 5.64. The molecule has 0 fully saturated rings. The molecule has 0 saturated carbocycles. The zero-order valence-corrected chi connectivity index (χ0v) is 14.3. The highest BCUT2D eigenvalue weighted by Crippen LogP contribution is 2.29. The molecule has 1 amide bonds. The number of nitrogens with zero attached hydrogens (tertiary/aromatic N) is 1. The summed E-state index contributed by atoms with van der Waals surface area (Å²) in [7, 11) is 3.83. The molecule has 5 heteroatoms. The molecule has 2 unspecified atom stereocenters. The first-order valence-electron chi connectivity index (χ1n) is 7.48. The Morgan fingerprint density at radius 3 is 2.43 bits per heavy atom. The number of anilines is 2. The lowest BCUT2D eigenvalue weighted by atomic mass is 9.94. The molecule has 0 saturated heterocycles. The third kappa shape index (κ3) is 4.24. The lowest BCUT2D eigenvalue weighted by molar-refractivity contribution is -0.120. The number of nitrogens with two attached hydrogens (primary N) is 1. The Labute approximate surface area is 142 Å². The number of nitrogens with one attached hydrogen (secondary N) is 1. The van der Waals surface area contributed by atoms with Crippen molar-refractivity contribution < 1.29 is 4.79 Å². The minimum Gasteiger partial charge on any atom is -0.376 e. The number of rotatable bonds is 5. The molecule has 0 bridgehead atoms. The SMILES string of the molecule is CC(C(=O)Nc1cc(Cl)ccc1N(C)C)C(N)c1ccccc1. The van der Waals surface area contributed by atoms with Gasteiger partial charge in [0.2, 0.25) is 5.91 Å². The van der Waals surface area contributed by atoms with Crippen LogP contribution in [-0.4, -0.2) is 20.0 Å². The van der Waals surface area contributed by atoms with Crippen LogP contribution in [0, 0.1) is 5.92 Å². The van der Waals surface area contributed by atoms with Gasteiger partial charge in [-0.2, -0.15) is 0 Å². The summed E-state index contributed by atoms with van der Waals surface area (Å²) in [6.45, 7) is 1.83. The molecule has 0 aromatic heterocycles. The molecule has 122 valence electrons. The van der Waals surface area contributed by atoms with Gasteiger partial charge in [0.25, 0.3) is 0 Å². The molecular weight excluding hydrogens is 310 g/mol. The van der Waals surface area contributed by atoms with Crippen LogP contribution in [0.3, 0.4) is 0 Å². The van der Waals surface area contributed by atoms with E-state index in [9.17, 15) is 4.79 Å². The average Bonchev–Trinajstić information content (AvgIpc) is 2.54. The van der Waals surface area contributed by atoms with Gasteiger partial charge in [0.1, 0.15) is 0 Å². The molecule has 0 aliphatic rings. The molecule has 23 heavy (non-hydrogen) atoms. The number of benzene rings is 2. The van der Waals surface area contributed by atoms with E-state index in [4.69, 9.17) is 17.3 Å². The maximum absolute atomic E-state index is 12.6. The third-order valence-electron chi connectivity index (χ3n) is 3.83. The largest absolute Gasteiger partial charge is 0.376 e. The molecule has 2 atom stereocenters. The number of hydrogen-bond donors (Lipinski definition) is 2. The van der Waals surface area contributed by atoms with E-state index in [1.54, 1.807) is 12.1 Å². The topological polar surface area (TPSA) is 58.4 Å². The highest BCUT2D eigenvalue weighted by Gasteiger charge is 2.23. The van der Waals surface area contributed by atoms with E-state index in [0.717, 1.165) is 11.3 Å². The van der Waals surface area contributed by atoms with Crippen LogP contribution in [-0.2, 0) is 4.79 Å². The number of amides is 1. The second kappa shape index (κ2) is 7.49. The monoisotopic (exact) mass is 331 g/mol. The molecule has 0 heterocycles. The smallest absolute Gasteiger partial charge is 0.229 e. The molecule has 0 spiro atoms. The predicted octanol–water partition coefficient (Wildman–Crippen LogP) is 3.68. The second-order valence-electron chi connectivity index (χ2n) is 5.77. The van der Waals surface area contributed by atoms with Gasteiger partial charge in [0.05, 0.1) is 17.3 Å². The van der Waals surface area contributed by atoms with Crippen molar-refractivity contribution in [3.8, 4) is 0 Å². The Balaban J connectivity index is 2.17. The fourth-order valence-electron chi connectivity index (χ4n) is 2.37. The molecule has 2 rings (SSSR count). The normalized spacial score (nSPS) is 13.3. The zero-order valence-electron chi connectivity index (χ0n) is 13.6. The number of halogens is 1. The van der Waals surface area contributed by atoms with Gasteiger partial charge in [-0.1, -0.05) is 48.9 Å². The first kappa shape index (κ1) is 17.3. The molecule has 2 aromatic rings. The van der Waals surface area contributed by atoms with Crippen LogP contribution in [0.2, 0.25) is 5.02 Å². The van der Waals surface area contributed by atoms with Crippen LogP contribution < -0.4 is 16.0 Å². The van der Waals surface area contributed by atoms with E-state index in [-0.39, 0.29) is 17.9 Å². The first-order valence-corrected chi connectivity index (χ1v) is 7.86. The Bertz CT molecular complexity index is 673. The van der Waals surface area contributed by atoms with Crippen molar-refractivity contribution in [1.29, 1.82) is 0 Å². The number of hydrogen-bond acceptors (Lipinski definition) is 3. The summed E-state index contributed by atoms with van der Waals surface area (Å²) < 4.78 is 0. The minimum absolute atomic E-state index is 0.133. The summed E-state index contributed by atoms with van der Waals surface area (Å²) >= 11 is 6.05. The summed E-state index contributed by atoms with van der Waals surface area (Å²) in [6, 6.07) is 14.7. The third-order valence-corrected chi connectivity index (χ3v) is 4.07. The van der Waals surface area contributed by atoms with E-state index in [1.807, 2.05) is 62.3 Å². The highest BCUT2D eigenvalue weighted by atomic mass is 35.5. The Morgan fingerprint density at radius 2 is 1.83 bits per heavy atom. The summed E-state index contributed by atoms with van der Waals surface area (Å²) in [5.41, 5.74) is 8.73. The molecular formula is C18H22ClN3O. The van der Waals surface area contributed by atoms with Crippen LogP contribution in [0.4, 0.5) is 11.4 Å². The van der Waals surface area contributed by atoms with Crippen molar-refractivity contribution in [1.82, 2.24) is 0 Å². The standard InChI is InChI=1S/C18H22ClN3O/c1-12(17(20)13-7-5-4-6-8-13)18(23)21-15-11-14(19)9-10-16(15)22(2)3/h4-12,17H,20H2,1-3H3,(H,21,23). The van der Waals surface area contributed by atoms with Crippen LogP contribution >= 0.6 is 11.6 Å². The van der Waals surface area contributed by atoms with Gasteiger partial charge in [0, 0.05) is 25.2 Å². The molecule has 2 aromatic carbocycles. The van der Waals surface area contributed by atoms with Gasteiger partial charge in [-0.3, -0.25) is 4.79 Å². The Hall–Kier alpha value is -2.04. The first-order chi connectivity index (χ1) is 10.9. The van der Waals surface area contributed by atoms with Gasteiger partial charge >= 0.3 is 0 Å². The van der Waals surface area contributed by atoms with Crippen molar-refractivity contribution in [3.05, 3.63) is 59.1 Å². The van der Waals surface area contributed by atoms with Crippen molar-refractivity contribution in [2.45, 2.75) is 13.0 Å². The van der Waals surface area contributed by atoms with Crippen LogP contribution in [0.15, 0.2) is 48.5 Å². The maximum atomic E-state index is 12.6. The maximum Gasteiger partial charge on any atom is 0.229 e. The quantitative estimate of drug-likeness (QED) is 0.878. The summed E-state index contributed by atoms with van der Waals surface area (Å²) in [6.07, 6.45) is 0. The van der Waals surface area contributed by atoms with Crippen LogP contribution in [0.5, 0.6) is 0 Å². The van der Waals surface area contributed by atoms with Crippen LogP contribution in [0.25, 0.3) is 0 Å². The second-order valence-corrected chi connectivity index (χ2v) is 6.21. The average molecular weight is 332 g/mol. The minimum atomic E-state index is -0.369. The van der Waals surface area contributed by atoms with Gasteiger partial charge in [0.15, 0.2) is 0 Å². The molecule has 0 aliphatic carbocycles. The molecule has 4 nitrogen and oxygen atoms in total. The van der Waals surface area contributed by atoms with E-state index in [1.165, 1.54) is 0 Å². The molecule has 0 radical (unpaired) electrons. The van der Waals surface area contributed by atoms with Crippen molar-refractivity contribution in [2.75, 3.05) is 24.3 Å². The number of carbonyl (C=O) groups excluding carboxylic acids is 1. The summed E-state index contributed by atoms with van der Waals surface area (Å²) in [5.74, 6) is -0.502. The van der Waals surface area contributed by atoms with E-state index >= 15 is 0 Å². The van der Waals surface area contributed by atoms with E-state index in [0.29, 0.717) is 10.7 Å². The molecule has 0 aliphatic heterocycles. The van der Waals surface area contributed by atoms with Crippen molar-refractivity contribution in [3.63, 3.8) is 0 Å². The van der Waals surface area contributed by atoms with Crippen molar-refractivity contribution in [2.24, 2.45) is 11.7 Å². The lowest BCUT2D eigenvalue weighted by Gasteiger charge is -2.22. The number of carbonyl (C=O) groups is 1. The van der Waals surface area contributed by atoms with Crippen LogP contribution in [0.1, 0.15) is 18.5 Å². The highest BCUT2D eigenvalue weighted by molar-refractivity contribution is 6.31.